The maximum atomic E-state index is 14.0. The first-order chi connectivity index (χ1) is 20.9. The van der Waals surface area contributed by atoms with Gasteiger partial charge in [0.1, 0.15) is 34.5 Å². The summed E-state index contributed by atoms with van der Waals surface area (Å²) in [5.41, 5.74) is 10.1. The molecule has 10 heteroatoms. The molecule has 0 spiro atoms. The number of amides is 1. The van der Waals surface area contributed by atoms with Crippen molar-refractivity contribution in [3.8, 4) is 11.4 Å². The average Bonchev–Trinajstić information content (AvgIpc) is 3.60. The number of anilines is 1. The monoisotopic (exact) mass is 572 g/mol. The Morgan fingerprint density at radius 1 is 1.00 bits per heavy atom. The van der Waals surface area contributed by atoms with Gasteiger partial charge in [0.15, 0.2) is 0 Å². The van der Waals surface area contributed by atoms with Crippen LogP contribution in [0.4, 0.5) is 10.1 Å². The van der Waals surface area contributed by atoms with Crippen LogP contribution in [0.15, 0.2) is 107 Å². The Labute approximate surface area is 243 Å². The van der Waals surface area contributed by atoms with Gasteiger partial charge in [-0.3, -0.25) is 19.1 Å². The number of benzene rings is 3. The second-order valence-corrected chi connectivity index (χ2v) is 10.3. The van der Waals surface area contributed by atoms with Gasteiger partial charge in [0.25, 0.3) is 5.56 Å². The van der Waals surface area contributed by atoms with Crippen molar-refractivity contribution < 1.29 is 13.6 Å². The van der Waals surface area contributed by atoms with E-state index in [1.54, 1.807) is 12.4 Å². The Kier molecular flexibility index (Phi) is 6.43. The Hall–Kier alpha value is -5.77. The van der Waals surface area contributed by atoms with Gasteiger partial charge in [0.2, 0.25) is 5.91 Å². The summed E-state index contributed by atoms with van der Waals surface area (Å²) in [5, 5.41) is 6.03. The van der Waals surface area contributed by atoms with Gasteiger partial charge in [-0.1, -0.05) is 24.3 Å². The van der Waals surface area contributed by atoms with Gasteiger partial charge in [-0.05, 0) is 60.2 Å². The smallest absolute Gasteiger partial charge is 0.277 e. The highest BCUT2D eigenvalue weighted by molar-refractivity contribution is 6.05. The number of hydrogen-bond acceptors (Lipinski definition) is 6. The number of pyridine rings is 1. The van der Waals surface area contributed by atoms with Crippen LogP contribution in [0.1, 0.15) is 17.3 Å². The number of nitrogens with one attached hydrogen (secondary N) is 2. The van der Waals surface area contributed by atoms with Crippen molar-refractivity contribution in [2.24, 2.45) is 5.73 Å². The lowest BCUT2D eigenvalue weighted by Crippen LogP contribution is -2.37. The number of primary amides is 1. The van der Waals surface area contributed by atoms with Gasteiger partial charge in [0.05, 0.1) is 6.20 Å². The first kappa shape index (κ1) is 26.1. The van der Waals surface area contributed by atoms with E-state index in [-0.39, 0.29) is 17.9 Å². The van der Waals surface area contributed by atoms with Gasteiger partial charge in [0, 0.05) is 58.3 Å². The molecule has 9 nitrogen and oxygen atoms in total. The fraction of sp³-hybridized carbons (Fsp3) is 0.0909. The average molecular weight is 573 g/mol. The van der Waals surface area contributed by atoms with Crippen LogP contribution in [0.2, 0.25) is 0 Å². The molecule has 0 aliphatic heterocycles. The van der Waals surface area contributed by atoms with Crippen molar-refractivity contribution in [2.75, 3.05) is 5.32 Å². The highest BCUT2D eigenvalue weighted by atomic mass is 19.1. The maximum absolute atomic E-state index is 14.0. The molecule has 4 heterocycles. The van der Waals surface area contributed by atoms with E-state index in [1.807, 2.05) is 54.6 Å². The Morgan fingerprint density at radius 3 is 2.63 bits per heavy atom. The molecule has 1 atom stereocenters. The quantitative estimate of drug-likeness (QED) is 0.214. The number of furan rings is 1. The molecule has 212 valence electrons. The van der Waals surface area contributed by atoms with E-state index in [0.717, 1.165) is 38.4 Å². The minimum Gasteiger partial charge on any atom is -0.456 e. The summed E-state index contributed by atoms with van der Waals surface area (Å²) in [6, 6.07) is 21.8. The van der Waals surface area contributed by atoms with Crippen molar-refractivity contribution in [3.63, 3.8) is 0 Å². The van der Waals surface area contributed by atoms with Crippen LogP contribution >= 0.6 is 0 Å². The van der Waals surface area contributed by atoms with Crippen LogP contribution in [-0.4, -0.2) is 25.4 Å². The molecule has 0 saturated carbocycles. The van der Waals surface area contributed by atoms with Gasteiger partial charge < -0.3 is 20.5 Å². The molecular formula is C33H25FN6O3. The van der Waals surface area contributed by atoms with Crippen LogP contribution in [0.5, 0.6) is 0 Å². The summed E-state index contributed by atoms with van der Waals surface area (Å²) in [6.07, 6.45) is 4.90. The summed E-state index contributed by atoms with van der Waals surface area (Å²) < 4.78 is 21.0. The van der Waals surface area contributed by atoms with Crippen LogP contribution in [0.3, 0.4) is 0 Å². The molecule has 43 heavy (non-hydrogen) atoms. The number of halogens is 1. The van der Waals surface area contributed by atoms with E-state index in [4.69, 9.17) is 10.2 Å². The van der Waals surface area contributed by atoms with E-state index in [2.05, 4.69) is 20.3 Å². The minimum atomic E-state index is -1.09. The van der Waals surface area contributed by atoms with Gasteiger partial charge in [-0.15, -0.1) is 0 Å². The third kappa shape index (κ3) is 4.88. The van der Waals surface area contributed by atoms with E-state index in [1.165, 1.54) is 35.0 Å². The minimum absolute atomic E-state index is 0.105. The SMILES string of the molecule is NC(=O)C(Cc1cc2cnccc2[nH]1)n1c(-c2ccc(F)cc2)ncc(NCc2ccc3oc4ccccc4c3c2)c1=O. The molecule has 4 aromatic heterocycles. The number of aromatic amines is 1. The molecule has 1 unspecified atom stereocenters. The first-order valence-electron chi connectivity index (χ1n) is 13.7. The highest BCUT2D eigenvalue weighted by Crippen LogP contribution is 2.29. The summed E-state index contributed by atoms with van der Waals surface area (Å²) in [6.45, 7) is 0.318. The number of hydrogen-bond donors (Lipinski definition) is 3. The Balaban J connectivity index is 1.27. The molecule has 0 bridgehead atoms. The van der Waals surface area contributed by atoms with Gasteiger partial charge in [-0.2, -0.15) is 0 Å². The third-order valence-corrected chi connectivity index (χ3v) is 7.55. The molecule has 3 aromatic carbocycles. The van der Waals surface area contributed by atoms with Crippen LogP contribution in [0, 0.1) is 5.82 Å². The summed E-state index contributed by atoms with van der Waals surface area (Å²) >= 11 is 0. The first-order valence-corrected chi connectivity index (χ1v) is 13.7. The number of nitrogens with zero attached hydrogens (tertiary/aromatic N) is 3. The zero-order valence-electron chi connectivity index (χ0n) is 22.8. The van der Waals surface area contributed by atoms with Crippen molar-refractivity contribution in [1.29, 1.82) is 0 Å². The summed E-state index contributed by atoms with van der Waals surface area (Å²) in [5.74, 6) is -0.946. The highest BCUT2D eigenvalue weighted by Gasteiger charge is 2.26. The molecule has 7 rings (SSSR count). The van der Waals surface area contributed by atoms with Crippen molar-refractivity contribution in [1.82, 2.24) is 19.5 Å². The molecule has 7 aromatic rings. The zero-order valence-corrected chi connectivity index (χ0v) is 22.8. The predicted octanol–water partition coefficient (Wildman–Crippen LogP) is 5.71. The number of carbonyl (C=O) groups is 1. The Morgan fingerprint density at radius 2 is 1.81 bits per heavy atom. The third-order valence-electron chi connectivity index (χ3n) is 7.55. The van der Waals surface area contributed by atoms with Crippen molar-refractivity contribution in [3.05, 3.63) is 125 Å². The van der Waals surface area contributed by atoms with Crippen molar-refractivity contribution in [2.45, 2.75) is 19.0 Å². The van der Waals surface area contributed by atoms with Crippen molar-refractivity contribution >= 4 is 44.4 Å². The largest absolute Gasteiger partial charge is 0.456 e. The molecule has 4 N–H and O–H groups in total. The molecular weight excluding hydrogens is 547 g/mol. The summed E-state index contributed by atoms with van der Waals surface area (Å²) in [7, 11) is 0. The summed E-state index contributed by atoms with van der Waals surface area (Å²) in [4.78, 5) is 38.9. The van der Waals surface area contributed by atoms with Crippen LogP contribution < -0.4 is 16.6 Å². The van der Waals surface area contributed by atoms with Gasteiger partial charge >= 0.3 is 0 Å². The fourth-order valence-electron chi connectivity index (χ4n) is 5.44. The molecule has 0 saturated heterocycles. The number of H-pyrrole nitrogens is 1. The van der Waals surface area contributed by atoms with Gasteiger partial charge in [-0.25, -0.2) is 9.37 Å². The number of nitrogens with two attached hydrogens (primary N) is 1. The van der Waals surface area contributed by atoms with E-state index < -0.39 is 23.3 Å². The second kappa shape index (κ2) is 10.6. The van der Waals surface area contributed by atoms with E-state index in [0.29, 0.717) is 17.8 Å². The fourth-order valence-corrected chi connectivity index (χ4v) is 5.44. The normalized spacial score (nSPS) is 12.2. The Bertz CT molecular complexity index is 2170. The molecule has 0 radical (unpaired) electrons. The topological polar surface area (TPSA) is 132 Å². The lowest BCUT2D eigenvalue weighted by Gasteiger charge is -2.21. The van der Waals surface area contributed by atoms with E-state index in [9.17, 15) is 14.0 Å². The number of rotatable bonds is 8. The lowest BCUT2D eigenvalue weighted by molar-refractivity contribution is -0.121. The number of fused-ring (bicyclic) bond motifs is 4. The van der Waals surface area contributed by atoms with E-state index >= 15 is 0 Å². The number of carbonyl (C=O) groups excluding carboxylic acids is 1. The zero-order chi connectivity index (χ0) is 29.5. The van der Waals surface area contributed by atoms with Crippen LogP contribution in [-0.2, 0) is 17.8 Å². The predicted molar refractivity (Wildman–Crippen MR) is 163 cm³/mol. The molecule has 0 aliphatic carbocycles. The standard InChI is InChI=1S/C33H25FN6O3/c34-22-8-6-20(7-9-22)32-38-18-27(37-16-19-5-10-30-25(13-19)24-3-1-2-4-29(24)43-30)33(42)40(32)28(31(35)41)15-23-14-21-17-36-12-11-26(21)39-23/h1-14,17-18,28,37,39H,15-16H2,(H2,35,41). The number of aromatic nitrogens is 4. The molecule has 0 aliphatic rings. The second-order valence-electron chi connectivity index (χ2n) is 10.3. The lowest BCUT2D eigenvalue weighted by atomic mass is 10.1. The maximum Gasteiger partial charge on any atom is 0.277 e. The molecule has 1 amide bonds. The number of para-hydroxylation sites is 1. The molecule has 0 fully saturated rings. The van der Waals surface area contributed by atoms with Crippen LogP contribution in [0.25, 0.3) is 44.2 Å².